The molecule has 0 aliphatic carbocycles. The van der Waals surface area contributed by atoms with Crippen LogP contribution in [0.1, 0.15) is 47.6 Å². The molecule has 0 bridgehead atoms. The number of fused-ring (bicyclic) bond motifs is 1. The van der Waals surface area contributed by atoms with E-state index in [2.05, 4.69) is 25.8 Å². The Balaban J connectivity index is 1.94. The molecule has 1 aromatic heterocycles. The summed E-state index contributed by atoms with van der Waals surface area (Å²) in [5, 5.41) is 8.24. The normalized spacial score (nSPS) is 15.0. The highest BCUT2D eigenvalue weighted by molar-refractivity contribution is 6.04. The molecule has 2 heterocycles. The minimum absolute atomic E-state index is 0.169. The zero-order valence-corrected chi connectivity index (χ0v) is 18.7. The van der Waals surface area contributed by atoms with E-state index in [-0.39, 0.29) is 23.3 Å². The van der Waals surface area contributed by atoms with E-state index < -0.39 is 17.4 Å². The second-order valence-corrected chi connectivity index (χ2v) is 8.83. The summed E-state index contributed by atoms with van der Waals surface area (Å²) in [6.45, 7) is 7.39. The molecule has 0 saturated carbocycles. The number of imidazole rings is 1. The Hall–Kier alpha value is -3.20. The number of benzene rings is 1. The molecule has 0 spiro atoms. The number of hydrogen-bond acceptors (Lipinski definition) is 5. The first-order valence-electron chi connectivity index (χ1n) is 10.3. The zero-order chi connectivity index (χ0) is 22.8. The van der Waals surface area contributed by atoms with Gasteiger partial charge in [0, 0.05) is 32.4 Å². The molecule has 1 aliphatic heterocycles. The zero-order valence-electron chi connectivity index (χ0n) is 18.7. The van der Waals surface area contributed by atoms with E-state index in [1.165, 1.54) is 7.05 Å². The second kappa shape index (κ2) is 8.89. The third-order valence-electron chi connectivity index (χ3n) is 5.30. The lowest BCUT2D eigenvalue weighted by molar-refractivity contribution is -0.124. The van der Waals surface area contributed by atoms with E-state index in [0.717, 1.165) is 6.54 Å². The summed E-state index contributed by atoms with van der Waals surface area (Å²) in [7, 11) is 3.48. The molecule has 3 N–H and O–H groups in total. The van der Waals surface area contributed by atoms with Crippen LogP contribution in [0.4, 0.5) is 5.69 Å². The lowest BCUT2D eigenvalue weighted by Crippen LogP contribution is -2.53. The van der Waals surface area contributed by atoms with Crippen molar-refractivity contribution in [3.05, 3.63) is 47.5 Å². The Labute approximate surface area is 182 Å². The Kier molecular flexibility index (Phi) is 6.45. The van der Waals surface area contributed by atoms with Crippen LogP contribution in [0.15, 0.2) is 30.3 Å². The predicted octanol–water partition coefficient (Wildman–Crippen LogP) is 1.47. The molecule has 2 aromatic rings. The SMILES string of the molecule is CNC(=O)[C@@H](NC(=O)c1nc(C(=O)Nc2ccccc2)n2c1CN(C)CC2)C(C)(C)C. The molecule has 9 heteroatoms. The van der Waals surface area contributed by atoms with Gasteiger partial charge in [0.2, 0.25) is 5.91 Å². The van der Waals surface area contributed by atoms with Gasteiger partial charge in [-0.2, -0.15) is 0 Å². The molecular formula is C22H30N6O3. The topological polar surface area (TPSA) is 108 Å². The summed E-state index contributed by atoms with van der Waals surface area (Å²) in [6.07, 6.45) is 0. The van der Waals surface area contributed by atoms with Gasteiger partial charge >= 0.3 is 0 Å². The Morgan fingerprint density at radius 2 is 1.74 bits per heavy atom. The number of para-hydroxylation sites is 1. The molecule has 31 heavy (non-hydrogen) atoms. The lowest BCUT2D eigenvalue weighted by atomic mass is 9.86. The molecule has 0 unspecified atom stereocenters. The van der Waals surface area contributed by atoms with Gasteiger partial charge in [-0.25, -0.2) is 4.98 Å². The van der Waals surface area contributed by atoms with Crippen LogP contribution in [0.3, 0.4) is 0 Å². The van der Waals surface area contributed by atoms with Gasteiger partial charge in [0.05, 0.1) is 5.69 Å². The smallest absolute Gasteiger partial charge is 0.291 e. The molecule has 3 amide bonds. The van der Waals surface area contributed by atoms with Gasteiger partial charge < -0.3 is 20.5 Å². The van der Waals surface area contributed by atoms with Gasteiger partial charge in [0.15, 0.2) is 11.5 Å². The first-order chi connectivity index (χ1) is 14.6. The molecule has 0 saturated heterocycles. The second-order valence-electron chi connectivity index (χ2n) is 8.83. The van der Waals surface area contributed by atoms with Crippen molar-refractivity contribution in [1.82, 2.24) is 25.1 Å². The Morgan fingerprint density at radius 3 is 2.35 bits per heavy atom. The van der Waals surface area contributed by atoms with Crippen molar-refractivity contribution in [2.24, 2.45) is 5.41 Å². The van der Waals surface area contributed by atoms with Crippen molar-refractivity contribution in [1.29, 1.82) is 0 Å². The van der Waals surface area contributed by atoms with E-state index in [0.29, 0.717) is 24.5 Å². The highest BCUT2D eigenvalue weighted by atomic mass is 16.2. The Morgan fingerprint density at radius 1 is 1.06 bits per heavy atom. The van der Waals surface area contributed by atoms with Crippen LogP contribution >= 0.6 is 0 Å². The summed E-state index contributed by atoms with van der Waals surface area (Å²) in [5.41, 5.74) is 0.980. The average Bonchev–Trinajstić information content (AvgIpc) is 3.10. The number of carbonyl (C=O) groups is 3. The van der Waals surface area contributed by atoms with Crippen molar-refractivity contribution in [2.45, 2.75) is 39.9 Å². The number of amides is 3. The van der Waals surface area contributed by atoms with E-state index in [4.69, 9.17) is 0 Å². The monoisotopic (exact) mass is 426 g/mol. The summed E-state index contributed by atoms with van der Waals surface area (Å²) >= 11 is 0. The maximum absolute atomic E-state index is 13.2. The summed E-state index contributed by atoms with van der Waals surface area (Å²) in [4.78, 5) is 45.0. The molecule has 1 atom stereocenters. The fraction of sp³-hybridized carbons (Fsp3) is 0.455. The van der Waals surface area contributed by atoms with Crippen molar-refractivity contribution in [3.63, 3.8) is 0 Å². The summed E-state index contributed by atoms with van der Waals surface area (Å²) in [6, 6.07) is 8.35. The first-order valence-corrected chi connectivity index (χ1v) is 10.3. The largest absolute Gasteiger partial charge is 0.357 e. The quantitative estimate of drug-likeness (QED) is 0.671. The molecule has 0 fully saturated rings. The fourth-order valence-corrected chi connectivity index (χ4v) is 3.58. The number of carbonyl (C=O) groups excluding carboxylic acids is 3. The minimum atomic E-state index is -0.745. The molecule has 166 valence electrons. The highest BCUT2D eigenvalue weighted by Gasteiger charge is 2.35. The number of rotatable bonds is 5. The van der Waals surface area contributed by atoms with Gasteiger partial charge in [-0.05, 0) is 24.6 Å². The van der Waals surface area contributed by atoms with Gasteiger partial charge in [0.1, 0.15) is 6.04 Å². The molecule has 1 aromatic carbocycles. The number of hydrogen-bond donors (Lipinski definition) is 3. The van der Waals surface area contributed by atoms with Crippen molar-refractivity contribution >= 4 is 23.4 Å². The third-order valence-corrected chi connectivity index (χ3v) is 5.30. The van der Waals surface area contributed by atoms with E-state index >= 15 is 0 Å². The molecule has 1 aliphatic rings. The molecule has 9 nitrogen and oxygen atoms in total. The van der Waals surface area contributed by atoms with Crippen LogP contribution in [-0.4, -0.2) is 58.9 Å². The number of likely N-dealkylation sites (N-methyl/N-ethyl adjacent to an activating group) is 2. The van der Waals surface area contributed by atoms with Crippen LogP contribution < -0.4 is 16.0 Å². The van der Waals surface area contributed by atoms with Gasteiger partial charge in [-0.15, -0.1) is 0 Å². The maximum Gasteiger partial charge on any atom is 0.291 e. The van der Waals surface area contributed by atoms with Gasteiger partial charge in [-0.1, -0.05) is 39.0 Å². The standard InChI is InChI=1S/C22H30N6O3/c1-22(2,3)17(20(30)23-4)26-19(29)16-15-13-27(5)11-12-28(15)18(25-16)21(31)24-14-9-7-6-8-10-14/h6-10,17H,11-13H2,1-5H3,(H,23,30)(H,24,31)(H,26,29)/t17-/m1/s1. The number of nitrogens with one attached hydrogen (secondary N) is 3. The van der Waals surface area contributed by atoms with E-state index in [1.54, 1.807) is 16.7 Å². The van der Waals surface area contributed by atoms with Crippen LogP contribution in [0.25, 0.3) is 0 Å². The van der Waals surface area contributed by atoms with Crippen LogP contribution in [0.5, 0.6) is 0 Å². The fourth-order valence-electron chi connectivity index (χ4n) is 3.58. The van der Waals surface area contributed by atoms with Gasteiger partial charge in [-0.3, -0.25) is 19.3 Å². The maximum atomic E-state index is 13.2. The first kappa shape index (κ1) is 22.5. The lowest BCUT2D eigenvalue weighted by Gasteiger charge is -2.30. The highest BCUT2D eigenvalue weighted by Crippen LogP contribution is 2.23. The van der Waals surface area contributed by atoms with Crippen LogP contribution in [0, 0.1) is 5.41 Å². The van der Waals surface area contributed by atoms with Crippen molar-refractivity contribution < 1.29 is 14.4 Å². The number of anilines is 1. The van der Waals surface area contributed by atoms with Crippen molar-refractivity contribution in [3.8, 4) is 0 Å². The number of aromatic nitrogens is 2. The summed E-state index contributed by atoms with van der Waals surface area (Å²) < 4.78 is 1.79. The van der Waals surface area contributed by atoms with Gasteiger partial charge in [0.25, 0.3) is 11.8 Å². The summed E-state index contributed by atoms with van der Waals surface area (Å²) in [5.74, 6) is -0.950. The minimum Gasteiger partial charge on any atom is -0.357 e. The predicted molar refractivity (Wildman–Crippen MR) is 118 cm³/mol. The van der Waals surface area contributed by atoms with E-state index in [9.17, 15) is 14.4 Å². The molecular weight excluding hydrogens is 396 g/mol. The average molecular weight is 427 g/mol. The van der Waals surface area contributed by atoms with Crippen molar-refractivity contribution in [2.75, 3.05) is 26.0 Å². The van der Waals surface area contributed by atoms with Crippen LogP contribution in [0.2, 0.25) is 0 Å². The Bertz CT molecular complexity index is 977. The molecule has 0 radical (unpaired) electrons. The number of nitrogens with zero attached hydrogens (tertiary/aromatic N) is 3. The molecule has 3 rings (SSSR count). The van der Waals surface area contributed by atoms with E-state index in [1.807, 2.05) is 46.0 Å². The third kappa shape index (κ3) is 4.93. The van der Waals surface area contributed by atoms with Crippen LogP contribution in [-0.2, 0) is 17.9 Å².